The van der Waals surface area contributed by atoms with Gasteiger partial charge in [-0.25, -0.2) is 8.42 Å². The molecule has 0 aliphatic carbocycles. The number of carboxylic acids is 1. The summed E-state index contributed by atoms with van der Waals surface area (Å²) in [5, 5.41) is 8.79. The zero-order valence-electron chi connectivity index (χ0n) is 11.8. The molecule has 0 atom stereocenters. The van der Waals surface area contributed by atoms with Crippen molar-refractivity contribution >= 4 is 31.9 Å². The largest absolute Gasteiger partial charge is 0.481 e. The molecule has 1 N–H and O–H groups in total. The fourth-order valence-corrected chi connectivity index (χ4v) is 4.33. The van der Waals surface area contributed by atoms with Crippen LogP contribution in [0.4, 0.5) is 0 Å². The second-order valence-corrected chi connectivity index (χ2v) is 8.15. The van der Waals surface area contributed by atoms with Gasteiger partial charge < -0.3 is 5.11 Å². The number of rotatable bonds is 4. The first-order valence-corrected chi connectivity index (χ1v) is 9.02. The fourth-order valence-electron chi connectivity index (χ4n) is 2.53. The molecule has 1 heterocycles. The van der Waals surface area contributed by atoms with Crippen LogP contribution in [-0.2, 0) is 14.8 Å². The molecule has 1 aliphatic heterocycles. The van der Waals surface area contributed by atoms with Crippen LogP contribution in [0.15, 0.2) is 27.6 Å². The Morgan fingerprint density at radius 2 is 2.00 bits per heavy atom. The van der Waals surface area contributed by atoms with E-state index in [1.54, 1.807) is 18.2 Å². The maximum absolute atomic E-state index is 12.6. The smallest absolute Gasteiger partial charge is 0.303 e. The van der Waals surface area contributed by atoms with Gasteiger partial charge in [-0.15, -0.1) is 0 Å². The molecule has 0 amide bonds. The van der Waals surface area contributed by atoms with Crippen LogP contribution in [-0.4, -0.2) is 36.9 Å². The first-order valence-electron chi connectivity index (χ1n) is 6.79. The SMILES string of the molecule is Cc1cc(S(=O)(=O)N2CCC(CC(=O)O)CC2)ccc1Br. The van der Waals surface area contributed by atoms with Gasteiger partial charge in [0.1, 0.15) is 0 Å². The van der Waals surface area contributed by atoms with Gasteiger partial charge in [0.05, 0.1) is 4.90 Å². The Balaban J connectivity index is 2.11. The summed E-state index contributed by atoms with van der Waals surface area (Å²) in [5.74, 6) is -0.750. The summed E-state index contributed by atoms with van der Waals surface area (Å²) in [6.45, 7) is 2.62. The predicted molar refractivity (Wildman–Crippen MR) is 82.6 cm³/mol. The average molecular weight is 376 g/mol. The molecule has 116 valence electrons. The quantitative estimate of drug-likeness (QED) is 0.877. The van der Waals surface area contributed by atoms with E-state index in [0.29, 0.717) is 30.8 Å². The van der Waals surface area contributed by atoms with Crippen LogP contribution in [0.2, 0.25) is 0 Å². The summed E-state index contributed by atoms with van der Waals surface area (Å²) in [5.41, 5.74) is 0.872. The lowest BCUT2D eigenvalue weighted by molar-refractivity contribution is -0.138. The summed E-state index contributed by atoms with van der Waals surface area (Å²) >= 11 is 3.36. The zero-order valence-corrected chi connectivity index (χ0v) is 14.2. The number of benzene rings is 1. The maximum Gasteiger partial charge on any atom is 0.303 e. The number of nitrogens with zero attached hydrogens (tertiary/aromatic N) is 1. The summed E-state index contributed by atoms with van der Waals surface area (Å²) in [6, 6.07) is 4.98. The van der Waals surface area contributed by atoms with Crippen LogP contribution in [0, 0.1) is 12.8 Å². The van der Waals surface area contributed by atoms with Crippen LogP contribution in [0.5, 0.6) is 0 Å². The molecular formula is C14H18BrNO4S. The van der Waals surface area contributed by atoms with Gasteiger partial charge >= 0.3 is 5.97 Å². The van der Waals surface area contributed by atoms with Gasteiger partial charge in [-0.1, -0.05) is 15.9 Å². The summed E-state index contributed by atoms with van der Waals surface area (Å²) in [7, 11) is -3.49. The Hall–Kier alpha value is -0.920. The molecule has 1 aromatic carbocycles. The molecule has 1 saturated heterocycles. The number of aliphatic carboxylic acids is 1. The molecule has 0 radical (unpaired) electrons. The first-order chi connectivity index (χ1) is 9.80. The maximum atomic E-state index is 12.6. The molecule has 1 aliphatic rings. The Morgan fingerprint density at radius 3 is 2.52 bits per heavy atom. The van der Waals surface area contributed by atoms with Crippen molar-refractivity contribution < 1.29 is 18.3 Å². The molecule has 1 aromatic rings. The van der Waals surface area contributed by atoms with Crippen molar-refractivity contribution in [2.75, 3.05) is 13.1 Å². The number of sulfonamides is 1. The van der Waals surface area contributed by atoms with E-state index in [0.717, 1.165) is 10.0 Å². The van der Waals surface area contributed by atoms with E-state index in [4.69, 9.17) is 5.11 Å². The van der Waals surface area contributed by atoms with Gasteiger partial charge in [-0.05, 0) is 49.4 Å². The van der Waals surface area contributed by atoms with Gasteiger partial charge in [0.2, 0.25) is 10.0 Å². The number of hydrogen-bond acceptors (Lipinski definition) is 3. The highest BCUT2D eigenvalue weighted by atomic mass is 79.9. The second-order valence-electron chi connectivity index (χ2n) is 5.36. The molecule has 5 nitrogen and oxygen atoms in total. The highest BCUT2D eigenvalue weighted by molar-refractivity contribution is 9.10. The number of carbonyl (C=O) groups is 1. The van der Waals surface area contributed by atoms with E-state index in [1.165, 1.54) is 4.31 Å². The van der Waals surface area contributed by atoms with E-state index in [-0.39, 0.29) is 12.3 Å². The van der Waals surface area contributed by atoms with E-state index >= 15 is 0 Å². The summed E-state index contributed by atoms with van der Waals surface area (Å²) < 4.78 is 27.5. The predicted octanol–water partition coefficient (Wildman–Crippen LogP) is 2.63. The third-order valence-electron chi connectivity index (χ3n) is 3.80. The topological polar surface area (TPSA) is 74.7 Å². The van der Waals surface area contributed by atoms with Crippen LogP contribution in [0.3, 0.4) is 0 Å². The molecule has 21 heavy (non-hydrogen) atoms. The second kappa shape index (κ2) is 6.46. The monoisotopic (exact) mass is 375 g/mol. The van der Waals surface area contributed by atoms with Crippen molar-refractivity contribution in [1.82, 2.24) is 4.31 Å². The van der Waals surface area contributed by atoms with Crippen LogP contribution < -0.4 is 0 Å². The Kier molecular flexibility index (Phi) is 5.06. The third kappa shape index (κ3) is 3.84. The number of hydrogen-bond donors (Lipinski definition) is 1. The minimum Gasteiger partial charge on any atom is -0.481 e. The first kappa shape index (κ1) is 16.5. The fraction of sp³-hybridized carbons (Fsp3) is 0.500. The van der Waals surface area contributed by atoms with Gasteiger partial charge in [0.15, 0.2) is 0 Å². The van der Waals surface area contributed by atoms with E-state index in [1.807, 2.05) is 6.92 Å². The lowest BCUT2D eigenvalue weighted by atomic mass is 9.95. The summed E-state index contributed by atoms with van der Waals surface area (Å²) in [6.07, 6.45) is 1.31. The van der Waals surface area contributed by atoms with Crippen molar-refractivity contribution in [3.8, 4) is 0 Å². The molecular weight excluding hydrogens is 358 g/mol. The molecule has 0 spiro atoms. The Morgan fingerprint density at radius 1 is 1.38 bits per heavy atom. The zero-order chi connectivity index (χ0) is 15.6. The highest BCUT2D eigenvalue weighted by Crippen LogP contribution is 2.27. The normalized spacial score (nSPS) is 17.8. The molecule has 0 unspecified atom stereocenters. The lowest BCUT2D eigenvalue weighted by Crippen LogP contribution is -2.38. The Labute approximate surface area is 133 Å². The van der Waals surface area contributed by atoms with E-state index < -0.39 is 16.0 Å². The van der Waals surface area contributed by atoms with E-state index in [9.17, 15) is 13.2 Å². The van der Waals surface area contributed by atoms with Gasteiger partial charge in [0.25, 0.3) is 0 Å². The summed E-state index contributed by atoms with van der Waals surface area (Å²) in [4.78, 5) is 11.0. The molecule has 0 bridgehead atoms. The molecule has 2 rings (SSSR count). The van der Waals surface area contributed by atoms with Gasteiger partial charge in [0, 0.05) is 24.0 Å². The third-order valence-corrected chi connectivity index (χ3v) is 6.59. The van der Waals surface area contributed by atoms with Crippen molar-refractivity contribution in [3.63, 3.8) is 0 Å². The van der Waals surface area contributed by atoms with Crippen LogP contribution >= 0.6 is 15.9 Å². The van der Waals surface area contributed by atoms with Crippen molar-refractivity contribution in [1.29, 1.82) is 0 Å². The highest BCUT2D eigenvalue weighted by Gasteiger charge is 2.30. The van der Waals surface area contributed by atoms with Crippen molar-refractivity contribution in [2.45, 2.75) is 31.1 Å². The molecule has 0 saturated carbocycles. The van der Waals surface area contributed by atoms with Crippen LogP contribution in [0.25, 0.3) is 0 Å². The molecule has 7 heteroatoms. The molecule has 1 fully saturated rings. The van der Waals surface area contributed by atoms with Gasteiger partial charge in [-0.2, -0.15) is 4.31 Å². The number of piperidine rings is 1. The Bertz CT molecular complexity index is 636. The minimum absolute atomic E-state index is 0.0700. The lowest BCUT2D eigenvalue weighted by Gasteiger charge is -2.30. The molecule has 0 aromatic heterocycles. The van der Waals surface area contributed by atoms with Crippen molar-refractivity contribution in [3.05, 3.63) is 28.2 Å². The van der Waals surface area contributed by atoms with E-state index in [2.05, 4.69) is 15.9 Å². The van der Waals surface area contributed by atoms with Crippen molar-refractivity contribution in [2.24, 2.45) is 5.92 Å². The minimum atomic E-state index is -3.49. The van der Waals surface area contributed by atoms with Gasteiger partial charge in [-0.3, -0.25) is 4.79 Å². The number of halogens is 1. The van der Waals surface area contributed by atoms with Crippen LogP contribution in [0.1, 0.15) is 24.8 Å². The number of carboxylic acid groups (broad SMARTS) is 1. The standard InChI is InChI=1S/C14H18BrNO4S/c1-10-8-12(2-3-13(10)15)21(19,20)16-6-4-11(5-7-16)9-14(17)18/h2-3,8,11H,4-7,9H2,1H3,(H,17,18). The average Bonchev–Trinajstić information content (AvgIpc) is 2.41. The number of aryl methyl sites for hydroxylation is 1.